The van der Waals surface area contributed by atoms with Gasteiger partial charge >= 0.3 is 0 Å². The second-order valence-electron chi connectivity index (χ2n) is 5.44. The maximum atomic E-state index is 9.93. The van der Waals surface area contributed by atoms with E-state index in [4.69, 9.17) is 0 Å². The van der Waals surface area contributed by atoms with Crippen molar-refractivity contribution < 1.29 is 10.2 Å². The van der Waals surface area contributed by atoms with Gasteiger partial charge in [0.15, 0.2) is 0 Å². The molecule has 0 aliphatic heterocycles. The van der Waals surface area contributed by atoms with Crippen LogP contribution in [0.2, 0.25) is 0 Å². The average molecular weight is 288 g/mol. The van der Waals surface area contributed by atoms with Crippen LogP contribution in [0.15, 0.2) is 36.4 Å². The molecule has 0 spiro atoms. The highest BCUT2D eigenvalue weighted by molar-refractivity contribution is 5.29. The fraction of sp³-hybridized carbons (Fsp3) is 0.471. The number of hydrogen-bond acceptors (Lipinski definition) is 3. The summed E-state index contributed by atoms with van der Waals surface area (Å²) >= 11 is 0. The van der Waals surface area contributed by atoms with Crippen LogP contribution in [0, 0.1) is 0 Å². The van der Waals surface area contributed by atoms with Gasteiger partial charge in [0, 0.05) is 24.1 Å². The van der Waals surface area contributed by atoms with Crippen molar-refractivity contribution in [1.82, 2.24) is 9.78 Å². The molecule has 0 atom stereocenters. The summed E-state index contributed by atoms with van der Waals surface area (Å²) in [5.74, 6) is 0. The molecule has 0 saturated heterocycles. The van der Waals surface area contributed by atoms with Crippen molar-refractivity contribution in [3.8, 4) is 0 Å². The van der Waals surface area contributed by atoms with Crippen molar-refractivity contribution in [2.45, 2.75) is 38.6 Å². The standard InChI is InChI=1S/C17H24N2O2/c1-3-15-10-16(19(4-2)18-15)11-17(12-20,13-21)14-8-6-5-7-9-14/h5-10,20-21H,3-4,11-13H2,1-2H3. The Morgan fingerprint density at radius 3 is 2.29 bits per heavy atom. The van der Waals surface area contributed by atoms with Crippen molar-refractivity contribution in [1.29, 1.82) is 0 Å². The van der Waals surface area contributed by atoms with E-state index < -0.39 is 5.41 Å². The normalized spacial score (nSPS) is 11.8. The van der Waals surface area contributed by atoms with E-state index in [2.05, 4.69) is 25.0 Å². The fourth-order valence-electron chi connectivity index (χ4n) is 2.69. The molecule has 1 aromatic carbocycles. The molecule has 0 radical (unpaired) electrons. The highest BCUT2D eigenvalue weighted by Crippen LogP contribution is 2.28. The third-order valence-electron chi connectivity index (χ3n) is 4.09. The molecule has 21 heavy (non-hydrogen) atoms. The van der Waals surface area contributed by atoms with Gasteiger partial charge in [0.1, 0.15) is 0 Å². The topological polar surface area (TPSA) is 58.3 Å². The van der Waals surface area contributed by atoms with Crippen LogP contribution < -0.4 is 0 Å². The molecular formula is C17H24N2O2. The molecule has 0 aliphatic carbocycles. The van der Waals surface area contributed by atoms with Gasteiger partial charge in [0.2, 0.25) is 0 Å². The molecule has 1 heterocycles. The molecule has 2 rings (SSSR count). The van der Waals surface area contributed by atoms with Crippen LogP contribution in [0.1, 0.15) is 30.8 Å². The Kier molecular flexibility index (Phi) is 5.15. The predicted molar refractivity (Wildman–Crippen MR) is 83.3 cm³/mol. The summed E-state index contributed by atoms with van der Waals surface area (Å²) in [4.78, 5) is 0. The Hall–Kier alpha value is -1.65. The molecule has 0 bridgehead atoms. The number of benzene rings is 1. The summed E-state index contributed by atoms with van der Waals surface area (Å²) < 4.78 is 1.96. The first-order chi connectivity index (χ1) is 10.2. The third kappa shape index (κ3) is 3.17. The molecule has 0 unspecified atom stereocenters. The first-order valence-electron chi connectivity index (χ1n) is 7.52. The van der Waals surface area contributed by atoms with Crippen molar-refractivity contribution in [3.05, 3.63) is 53.3 Å². The summed E-state index contributed by atoms with van der Waals surface area (Å²) in [6.07, 6.45) is 1.46. The number of rotatable bonds is 7. The summed E-state index contributed by atoms with van der Waals surface area (Å²) in [5.41, 5.74) is 2.39. The molecule has 0 saturated carbocycles. The van der Waals surface area contributed by atoms with Gasteiger partial charge in [0.25, 0.3) is 0 Å². The van der Waals surface area contributed by atoms with Crippen molar-refractivity contribution in [3.63, 3.8) is 0 Å². The second kappa shape index (κ2) is 6.87. The van der Waals surface area contributed by atoms with Gasteiger partial charge in [-0.1, -0.05) is 37.3 Å². The zero-order valence-corrected chi connectivity index (χ0v) is 12.8. The zero-order valence-electron chi connectivity index (χ0n) is 12.8. The summed E-state index contributed by atoms with van der Waals surface area (Å²) in [6.45, 7) is 4.73. The van der Waals surface area contributed by atoms with Crippen LogP contribution in [-0.2, 0) is 24.8 Å². The van der Waals surface area contributed by atoms with Gasteiger partial charge in [-0.3, -0.25) is 4.68 Å². The molecule has 2 N–H and O–H groups in total. The van der Waals surface area contributed by atoms with Crippen LogP contribution >= 0.6 is 0 Å². The van der Waals surface area contributed by atoms with E-state index in [9.17, 15) is 10.2 Å². The molecule has 2 aromatic rings. The van der Waals surface area contributed by atoms with Gasteiger partial charge in [-0.2, -0.15) is 5.10 Å². The predicted octanol–water partition coefficient (Wildman–Crippen LogP) is 1.93. The zero-order chi connectivity index (χ0) is 15.3. The average Bonchev–Trinajstić information content (AvgIpc) is 2.95. The SMILES string of the molecule is CCc1cc(CC(CO)(CO)c2ccccc2)n(CC)n1. The number of aryl methyl sites for hydroxylation is 2. The molecule has 1 aromatic heterocycles. The Morgan fingerprint density at radius 2 is 1.76 bits per heavy atom. The number of aromatic nitrogens is 2. The van der Waals surface area contributed by atoms with Gasteiger partial charge in [-0.05, 0) is 25.0 Å². The lowest BCUT2D eigenvalue weighted by Crippen LogP contribution is -2.38. The monoisotopic (exact) mass is 288 g/mol. The molecule has 114 valence electrons. The molecule has 0 aliphatic rings. The summed E-state index contributed by atoms with van der Waals surface area (Å²) in [6, 6.07) is 11.8. The van der Waals surface area contributed by atoms with Crippen LogP contribution in [0.25, 0.3) is 0 Å². The van der Waals surface area contributed by atoms with E-state index >= 15 is 0 Å². The minimum Gasteiger partial charge on any atom is -0.395 e. The number of nitrogens with zero attached hydrogens (tertiary/aromatic N) is 2. The fourth-order valence-corrected chi connectivity index (χ4v) is 2.69. The van der Waals surface area contributed by atoms with Crippen LogP contribution in [0.4, 0.5) is 0 Å². The maximum absolute atomic E-state index is 9.93. The van der Waals surface area contributed by atoms with Gasteiger partial charge in [0.05, 0.1) is 18.9 Å². The van der Waals surface area contributed by atoms with E-state index in [1.165, 1.54) is 0 Å². The minimum atomic E-state index is -0.667. The van der Waals surface area contributed by atoms with Crippen molar-refractivity contribution in [2.75, 3.05) is 13.2 Å². The van der Waals surface area contributed by atoms with Crippen molar-refractivity contribution >= 4 is 0 Å². The minimum absolute atomic E-state index is 0.0934. The lowest BCUT2D eigenvalue weighted by Gasteiger charge is -2.30. The quantitative estimate of drug-likeness (QED) is 0.818. The smallest absolute Gasteiger partial charge is 0.0624 e. The molecule has 0 amide bonds. The second-order valence-corrected chi connectivity index (χ2v) is 5.44. The summed E-state index contributed by atoms with van der Waals surface area (Å²) in [5, 5.41) is 24.4. The van der Waals surface area contributed by atoms with Crippen LogP contribution in [0.5, 0.6) is 0 Å². The Morgan fingerprint density at radius 1 is 1.10 bits per heavy atom. The Balaban J connectivity index is 2.39. The number of hydrogen-bond donors (Lipinski definition) is 2. The number of aliphatic hydroxyl groups is 2. The molecule has 4 nitrogen and oxygen atoms in total. The summed E-state index contributed by atoms with van der Waals surface area (Å²) in [7, 11) is 0. The first-order valence-corrected chi connectivity index (χ1v) is 7.52. The van der Waals surface area contributed by atoms with Gasteiger partial charge in [-0.25, -0.2) is 0 Å². The van der Waals surface area contributed by atoms with Crippen LogP contribution in [-0.4, -0.2) is 33.2 Å². The van der Waals surface area contributed by atoms with Crippen LogP contribution in [0.3, 0.4) is 0 Å². The third-order valence-corrected chi connectivity index (χ3v) is 4.09. The highest BCUT2D eigenvalue weighted by atomic mass is 16.3. The van der Waals surface area contributed by atoms with E-state index in [1.54, 1.807) is 0 Å². The lowest BCUT2D eigenvalue weighted by atomic mass is 9.78. The van der Waals surface area contributed by atoms with E-state index in [0.29, 0.717) is 6.42 Å². The highest BCUT2D eigenvalue weighted by Gasteiger charge is 2.32. The largest absolute Gasteiger partial charge is 0.395 e. The Labute approximate surface area is 126 Å². The van der Waals surface area contributed by atoms with E-state index in [0.717, 1.165) is 29.9 Å². The maximum Gasteiger partial charge on any atom is 0.0624 e. The van der Waals surface area contributed by atoms with E-state index in [1.807, 2.05) is 35.0 Å². The first kappa shape index (κ1) is 15.7. The molecular weight excluding hydrogens is 264 g/mol. The number of aliphatic hydroxyl groups excluding tert-OH is 2. The van der Waals surface area contributed by atoms with Gasteiger partial charge in [-0.15, -0.1) is 0 Å². The molecule has 4 heteroatoms. The van der Waals surface area contributed by atoms with Crippen molar-refractivity contribution in [2.24, 2.45) is 0 Å². The van der Waals surface area contributed by atoms with Gasteiger partial charge < -0.3 is 10.2 Å². The van der Waals surface area contributed by atoms with E-state index in [-0.39, 0.29) is 13.2 Å². The Bertz CT molecular complexity index is 559. The lowest BCUT2D eigenvalue weighted by molar-refractivity contribution is 0.114. The molecule has 0 fully saturated rings.